The molecule has 0 bridgehead atoms. The van der Waals surface area contributed by atoms with Gasteiger partial charge in [-0.15, -0.1) is 0 Å². The number of benzene rings is 3. The maximum atomic E-state index is 15.1. The third-order valence-electron chi connectivity index (χ3n) is 7.82. The van der Waals surface area contributed by atoms with Gasteiger partial charge < -0.3 is 4.74 Å². The van der Waals surface area contributed by atoms with Crippen LogP contribution in [-0.4, -0.2) is 6.61 Å². The Morgan fingerprint density at radius 1 is 0.703 bits per heavy atom. The van der Waals surface area contributed by atoms with E-state index in [4.69, 9.17) is 4.74 Å². The van der Waals surface area contributed by atoms with Gasteiger partial charge in [0.1, 0.15) is 5.82 Å². The van der Waals surface area contributed by atoms with Gasteiger partial charge in [-0.3, -0.25) is 0 Å². The summed E-state index contributed by atoms with van der Waals surface area (Å²) in [5.41, 5.74) is 3.19. The summed E-state index contributed by atoms with van der Waals surface area (Å²) in [6.45, 7) is 4.72. The second-order valence-corrected chi connectivity index (χ2v) is 10.5. The summed E-state index contributed by atoms with van der Waals surface area (Å²) in [7, 11) is 0. The van der Waals surface area contributed by atoms with Crippen molar-refractivity contribution >= 4 is 0 Å². The lowest BCUT2D eigenvalue weighted by Crippen LogP contribution is -2.14. The van der Waals surface area contributed by atoms with Crippen LogP contribution < -0.4 is 4.74 Å². The molecule has 0 radical (unpaired) electrons. The van der Waals surface area contributed by atoms with Crippen molar-refractivity contribution < 1.29 is 17.9 Å². The molecule has 0 amide bonds. The Morgan fingerprint density at radius 2 is 1.41 bits per heavy atom. The molecule has 0 aliphatic heterocycles. The predicted molar refractivity (Wildman–Crippen MR) is 146 cm³/mol. The number of ether oxygens (including phenoxy) is 1. The van der Waals surface area contributed by atoms with Crippen LogP contribution in [0.15, 0.2) is 54.6 Å². The van der Waals surface area contributed by atoms with Crippen molar-refractivity contribution in [3.8, 4) is 28.0 Å². The highest BCUT2D eigenvalue weighted by Crippen LogP contribution is 2.39. The van der Waals surface area contributed by atoms with E-state index in [9.17, 15) is 8.78 Å². The summed E-state index contributed by atoms with van der Waals surface area (Å²) in [5.74, 6) is -0.991. The number of hydrogen-bond acceptors (Lipinski definition) is 1. The minimum absolute atomic E-state index is 0.0521. The largest absolute Gasteiger partial charge is 0.490 e. The maximum absolute atomic E-state index is 15.1. The van der Waals surface area contributed by atoms with E-state index in [0.717, 1.165) is 61.1 Å². The summed E-state index contributed by atoms with van der Waals surface area (Å²) >= 11 is 0. The van der Waals surface area contributed by atoms with Crippen molar-refractivity contribution in [3.63, 3.8) is 0 Å². The summed E-state index contributed by atoms with van der Waals surface area (Å²) in [4.78, 5) is 0. The Bertz CT molecular complexity index is 1150. The molecule has 0 aromatic heterocycles. The zero-order valence-electron chi connectivity index (χ0n) is 22.2. The van der Waals surface area contributed by atoms with Gasteiger partial charge in [0.2, 0.25) is 5.82 Å². The first-order chi connectivity index (χ1) is 18.0. The van der Waals surface area contributed by atoms with Gasteiger partial charge in [-0.2, -0.15) is 4.39 Å². The molecule has 0 N–H and O–H groups in total. The molecule has 0 heterocycles. The van der Waals surface area contributed by atoms with Crippen LogP contribution in [0.3, 0.4) is 0 Å². The van der Waals surface area contributed by atoms with E-state index in [0.29, 0.717) is 18.1 Å². The molecule has 4 rings (SSSR count). The first kappa shape index (κ1) is 27.3. The first-order valence-electron chi connectivity index (χ1n) is 14.0. The zero-order valence-corrected chi connectivity index (χ0v) is 22.2. The fourth-order valence-electron chi connectivity index (χ4n) is 5.63. The molecule has 1 saturated carbocycles. The monoisotopic (exact) mass is 508 g/mol. The molecule has 1 aliphatic carbocycles. The van der Waals surface area contributed by atoms with Crippen LogP contribution in [0, 0.1) is 23.4 Å². The van der Waals surface area contributed by atoms with Gasteiger partial charge in [-0.05, 0) is 84.4 Å². The third-order valence-corrected chi connectivity index (χ3v) is 7.82. The van der Waals surface area contributed by atoms with Crippen molar-refractivity contribution in [1.29, 1.82) is 0 Å². The minimum Gasteiger partial charge on any atom is -0.490 e. The lowest BCUT2D eigenvalue weighted by atomic mass is 9.77. The molecule has 1 fully saturated rings. The average Bonchev–Trinajstić information content (AvgIpc) is 2.92. The Labute approximate surface area is 220 Å². The van der Waals surface area contributed by atoms with Crippen LogP contribution in [0.25, 0.3) is 22.3 Å². The molecular weight excluding hydrogens is 469 g/mol. The average molecular weight is 509 g/mol. The van der Waals surface area contributed by atoms with Crippen LogP contribution in [-0.2, 0) is 0 Å². The van der Waals surface area contributed by atoms with E-state index in [1.165, 1.54) is 31.7 Å². The molecule has 3 aromatic carbocycles. The quantitative estimate of drug-likeness (QED) is 0.234. The van der Waals surface area contributed by atoms with Crippen molar-refractivity contribution in [2.75, 3.05) is 6.61 Å². The van der Waals surface area contributed by atoms with Crippen molar-refractivity contribution in [1.82, 2.24) is 0 Å². The van der Waals surface area contributed by atoms with Crippen molar-refractivity contribution in [2.45, 2.75) is 84.0 Å². The second kappa shape index (κ2) is 13.2. The maximum Gasteiger partial charge on any atom is 0.201 e. The molecule has 1 nitrogen and oxygen atoms in total. The second-order valence-electron chi connectivity index (χ2n) is 10.5. The molecule has 1 aliphatic rings. The van der Waals surface area contributed by atoms with Crippen LogP contribution in [0.5, 0.6) is 5.75 Å². The number of unbranched alkanes of at least 4 members (excludes halogenated alkanes) is 3. The Kier molecular flexibility index (Phi) is 9.71. The number of hydrogen-bond donors (Lipinski definition) is 0. The number of halogens is 3. The molecular formula is C33H39F3O. The van der Waals surface area contributed by atoms with E-state index in [-0.39, 0.29) is 17.1 Å². The van der Waals surface area contributed by atoms with Gasteiger partial charge >= 0.3 is 0 Å². The summed E-state index contributed by atoms with van der Waals surface area (Å²) in [5, 5.41) is 0. The zero-order chi connectivity index (χ0) is 26.2. The predicted octanol–water partition coefficient (Wildman–Crippen LogP) is 10.5. The lowest BCUT2D eigenvalue weighted by molar-refractivity contribution is 0.285. The third kappa shape index (κ3) is 6.77. The molecule has 4 heteroatoms. The summed E-state index contributed by atoms with van der Waals surface area (Å²) in [6, 6.07) is 15.7. The highest BCUT2D eigenvalue weighted by Gasteiger charge is 2.24. The Morgan fingerprint density at radius 3 is 2.08 bits per heavy atom. The minimum atomic E-state index is -0.960. The van der Waals surface area contributed by atoms with E-state index in [2.05, 4.69) is 13.8 Å². The van der Waals surface area contributed by atoms with Gasteiger partial charge in [0.15, 0.2) is 11.6 Å². The molecule has 0 saturated heterocycles. The van der Waals surface area contributed by atoms with Crippen molar-refractivity contribution in [2.24, 2.45) is 5.92 Å². The summed E-state index contributed by atoms with van der Waals surface area (Å²) in [6.07, 6.45) is 11.0. The molecule has 3 aromatic rings. The molecule has 0 spiro atoms. The van der Waals surface area contributed by atoms with Crippen LogP contribution in [0.4, 0.5) is 13.2 Å². The molecule has 198 valence electrons. The highest BCUT2D eigenvalue weighted by molar-refractivity contribution is 5.71. The van der Waals surface area contributed by atoms with Crippen LogP contribution in [0.1, 0.15) is 89.5 Å². The Hall–Kier alpha value is -2.75. The van der Waals surface area contributed by atoms with Gasteiger partial charge in [0.05, 0.1) is 6.61 Å². The van der Waals surface area contributed by atoms with E-state index < -0.39 is 11.6 Å². The van der Waals surface area contributed by atoms with Gasteiger partial charge in [0.25, 0.3) is 0 Å². The van der Waals surface area contributed by atoms with Gasteiger partial charge in [-0.25, -0.2) is 8.78 Å². The standard InChI is InChI=1S/C33H39F3O/c1-3-5-6-7-21-37-31-20-19-29(32(35)33(31)36)26-15-13-24(14-16-26)27-17-18-28(30(34)22-27)25-11-9-23(8-4-2)10-12-25/h13-20,22-23,25H,3-12,21H2,1-2H3. The summed E-state index contributed by atoms with van der Waals surface area (Å²) < 4.78 is 50.0. The normalized spacial score (nSPS) is 17.6. The molecule has 0 unspecified atom stereocenters. The van der Waals surface area contributed by atoms with Crippen LogP contribution >= 0.6 is 0 Å². The van der Waals surface area contributed by atoms with Gasteiger partial charge in [0, 0.05) is 5.56 Å². The fourth-order valence-corrected chi connectivity index (χ4v) is 5.63. The van der Waals surface area contributed by atoms with E-state index in [1.807, 2.05) is 24.3 Å². The molecule has 0 atom stereocenters. The lowest BCUT2D eigenvalue weighted by Gasteiger charge is -2.29. The molecule has 37 heavy (non-hydrogen) atoms. The SMILES string of the molecule is CCCCCCOc1ccc(-c2ccc(-c3ccc(C4CCC(CCC)CC4)c(F)c3)cc2)c(F)c1F. The Balaban J connectivity index is 1.43. The highest BCUT2D eigenvalue weighted by atomic mass is 19.2. The fraction of sp³-hybridized carbons (Fsp3) is 0.455. The van der Waals surface area contributed by atoms with E-state index in [1.54, 1.807) is 24.3 Å². The number of rotatable bonds is 11. The van der Waals surface area contributed by atoms with E-state index >= 15 is 4.39 Å². The van der Waals surface area contributed by atoms with Crippen molar-refractivity contribution in [3.05, 3.63) is 77.6 Å². The smallest absolute Gasteiger partial charge is 0.201 e. The van der Waals surface area contributed by atoms with Crippen LogP contribution in [0.2, 0.25) is 0 Å². The topological polar surface area (TPSA) is 9.23 Å². The van der Waals surface area contributed by atoms with Gasteiger partial charge in [-0.1, -0.05) is 82.3 Å². The first-order valence-corrected chi connectivity index (χ1v) is 14.0.